The van der Waals surface area contributed by atoms with Crippen molar-refractivity contribution in [2.75, 3.05) is 19.6 Å². The maximum absolute atomic E-state index is 11.7. The van der Waals surface area contributed by atoms with Crippen LogP contribution in [0.3, 0.4) is 0 Å². The highest BCUT2D eigenvalue weighted by atomic mass is 16.1. The van der Waals surface area contributed by atoms with Gasteiger partial charge in [0.05, 0.1) is 12.7 Å². The Hall–Kier alpha value is -2.69. The standard InChI is InChI=1S/C26H29N3O/c30-19-26-24-10-5-4-9-23(24)18-29(26)17-21-12-15-27(16-13-21)20-28-14-6-11-25(28)22-7-2-1-3-8-22/h1-11,14,19,21,26H,12-13,15-18,20H2. The van der Waals surface area contributed by atoms with Gasteiger partial charge in [-0.1, -0.05) is 54.6 Å². The van der Waals surface area contributed by atoms with Crippen LogP contribution in [0.1, 0.15) is 30.0 Å². The van der Waals surface area contributed by atoms with Gasteiger partial charge in [-0.2, -0.15) is 0 Å². The van der Waals surface area contributed by atoms with Crippen molar-refractivity contribution in [1.82, 2.24) is 14.4 Å². The molecule has 1 fully saturated rings. The number of fused-ring (bicyclic) bond motifs is 1. The summed E-state index contributed by atoms with van der Waals surface area (Å²) in [7, 11) is 0. The first-order chi connectivity index (χ1) is 14.8. The molecule has 2 aliphatic heterocycles. The fourth-order valence-electron chi connectivity index (χ4n) is 5.08. The van der Waals surface area contributed by atoms with Gasteiger partial charge in [0, 0.05) is 38.1 Å². The maximum atomic E-state index is 11.7. The molecule has 1 atom stereocenters. The minimum Gasteiger partial charge on any atom is -0.334 e. The monoisotopic (exact) mass is 399 g/mol. The van der Waals surface area contributed by atoms with Gasteiger partial charge in [-0.05, 0) is 47.6 Å². The van der Waals surface area contributed by atoms with Gasteiger partial charge in [0.2, 0.25) is 0 Å². The second-order valence-electron chi connectivity index (χ2n) is 8.64. The molecule has 1 unspecified atom stereocenters. The van der Waals surface area contributed by atoms with E-state index in [1.54, 1.807) is 0 Å². The van der Waals surface area contributed by atoms with Crippen LogP contribution >= 0.6 is 0 Å². The third-order valence-electron chi connectivity index (χ3n) is 6.72. The average molecular weight is 400 g/mol. The van der Waals surface area contributed by atoms with Crippen molar-refractivity contribution in [1.29, 1.82) is 0 Å². The zero-order chi connectivity index (χ0) is 20.3. The molecule has 2 aromatic carbocycles. The molecule has 30 heavy (non-hydrogen) atoms. The Morgan fingerprint density at radius 3 is 2.47 bits per heavy atom. The molecule has 1 aromatic heterocycles. The van der Waals surface area contributed by atoms with Gasteiger partial charge in [0.15, 0.2) is 0 Å². The number of likely N-dealkylation sites (tertiary alicyclic amines) is 1. The Morgan fingerprint density at radius 2 is 1.67 bits per heavy atom. The average Bonchev–Trinajstić information content (AvgIpc) is 3.39. The van der Waals surface area contributed by atoms with Crippen LogP contribution in [0.15, 0.2) is 72.9 Å². The van der Waals surface area contributed by atoms with Crippen molar-refractivity contribution >= 4 is 6.29 Å². The molecular weight excluding hydrogens is 370 g/mol. The van der Waals surface area contributed by atoms with E-state index in [0.29, 0.717) is 5.92 Å². The first-order valence-electron chi connectivity index (χ1n) is 11.0. The normalized spacial score (nSPS) is 20.3. The van der Waals surface area contributed by atoms with Crippen LogP contribution < -0.4 is 0 Å². The van der Waals surface area contributed by atoms with Crippen LogP contribution in [0.25, 0.3) is 11.3 Å². The first-order valence-corrected chi connectivity index (χ1v) is 11.0. The summed E-state index contributed by atoms with van der Waals surface area (Å²) in [6.45, 7) is 5.09. The number of carbonyl (C=O) groups is 1. The number of carbonyl (C=O) groups excluding carboxylic acids is 1. The van der Waals surface area contributed by atoms with Gasteiger partial charge in [-0.15, -0.1) is 0 Å². The SMILES string of the molecule is O=CC1c2ccccc2CN1CC1CCN(Cn2cccc2-c2ccccc2)CC1. The molecule has 0 saturated carbocycles. The number of rotatable bonds is 6. The highest BCUT2D eigenvalue weighted by Crippen LogP contribution is 2.34. The van der Waals surface area contributed by atoms with Crippen molar-refractivity contribution in [2.24, 2.45) is 5.92 Å². The van der Waals surface area contributed by atoms with Crippen molar-refractivity contribution in [3.8, 4) is 11.3 Å². The molecule has 3 heterocycles. The van der Waals surface area contributed by atoms with E-state index >= 15 is 0 Å². The van der Waals surface area contributed by atoms with E-state index in [0.717, 1.165) is 39.1 Å². The maximum Gasteiger partial charge on any atom is 0.141 e. The van der Waals surface area contributed by atoms with Gasteiger partial charge in [-0.25, -0.2) is 0 Å². The summed E-state index contributed by atoms with van der Waals surface area (Å²) < 4.78 is 2.36. The quantitative estimate of drug-likeness (QED) is 0.568. The number of hydrogen-bond donors (Lipinski definition) is 0. The molecule has 4 heteroatoms. The number of benzene rings is 2. The number of aldehydes is 1. The molecule has 0 radical (unpaired) electrons. The smallest absolute Gasteiger partial charge is 0.141 e. The van der Waals surface area contributed by atoms with Gasteiger partial charge in [0.25, 0.3) is 0 Å². The van der Waals surface area contributed by atoms with E-state index in [9.17, 15) is 4.79 Å². The van der Waals surface area contributed by atoms with Crippen molar-refractivity contribution in [2.45, 2.75) is 32.1 Å². The zero-order valence-corrected chi connectivity index (χ0v) is 17.4. The van der Waals surface area contributed by atoms with Gasteiger partial charge in [0.1, 0.15) is 6.29 Å². The highest BCUT2D eigenvalue weighted by Gasteiger charge is 2.32. The van der Waals surface area contributed by atoms with E-state index in [1.807, 2.05) is 6.07 Å². The van der Waals surface area contributed by atoms with Crippen LogP contribution in [0.4, 0.5) is 0 Å². The fourth-order valence-corrected chi connectivity index (χ4v) is 5.08. The minimum atomic E-state index is -0.0625. The minimum absolute atomic E-state index is 0.0625. The van der Waals surface area contributed by atoms with Crippen molar-refractivity contribution in [3.05, 3.63) is 84.1 Å². The Kier molecular flexibility index (Phi) is 5.52. The zero-order valence-electron chi connectivity index (χ0n) is 17.4. The van der Waals surface area contributed by atoms with E-state index in [4.69, 9.17) is 0 Å². The lowest BCUT2D eigenvalue weighted by atomic mass is 9.96. The van der Waals surface area contributed by atoms with Gasteiger partial charge < -0.3 is 9.36 Å². The predicted octanol–water partition coefficient (Wildman–Crippen LogP) is 4.58. The summed E-state index contributed by atoms with van der Waals surface area (Å²) in [6.07, 6.45) is 5.70. The molecule has 5 rings (SSSR count). The van der Waals surface area contributed by atoms with Crippen molar-refractivity contribution in [3.63, 3.8) is 0 Å². The highest BCUT2D eigenvalue weighted by molar-refractivity contribution is 5.64. The molecule has 0 spiro atoms. The molecule has 0 aliphatic carbocycles. The van der Waals surface area contributed by atoms with E-state index in [-0.39, 0.29) is 6.04 Å². The van der Waals surface area contributed by atoms with E-state index < -0.39 is 0 Å². The van der Waals surface area contributed by atoms with Crippen LogP contribution in [-0.2, 0) is 18.0 Å². The Labute approximate surface area is 178 Å². The third-order valence-corrected chi connectivity index (χ3v) is 6.72. The molecular formula is C26H29N3O. The lowest BCUT2D eigenvalue weighted by molar-refractivity contribution is -0.112. The summed E-state index contributed by atoms with van der Waals surface area (Å²) >= 11 is 0. The molecule has 0 N–H and O–H groups in total. The lowest BCUT2D eigenvalue weighted by Crippen LogP contribution is -2.39. The molecule has 0 amide bonds. The van der Waals surface area contributed by atoms with Crippen LogP contribution in [0.2, 0.25) is 0 Å². The predicted molar refractivity (Wildman–Crippen MR) is 120 cm³/mol. The third kappa shape index (κ3) is 3.85. The number of hydrogen-bond acceptors (Lipinski definition) is 3. The fraction of sp³-hybridized carbons (Fsp3) is 0.346. The van der Waals surface area contributed by atoms with Gasteiger partial charge in [-0.3, -0.25) is 9.80 Å². The van der Waals surface area contributed by atoms with Crippen LogP contribution in [0, 0.1) is 5.92 Å². The number of piperidine rings is 1. The molecule has 154 valence electrons. The lowest BCUT2D eigenvalue weighted by Gasteiger charge is -2.35. The second kappa shape index (κ2) is 8.58. The van der Waals surface area contributed by atoms with Gasteiger partial charge >= 0.3 is 0 Å². The molecule has 1 saturated heterocycles. The topological polar surface area (TPSA) is 28.5 Å². The summed E-state index contributed by atoms with van der Waals surface area (Å²) in [6, 6.07) is 23.3. The largest absolute Gasteiger partial charge is 0.334 e. The Balaban J connectivity index is 1.17. The Morgan fingerprint density at radius 1 is 0.900 bits per heavy atom. The summed E-state index contributed by atoms with van der Waals surface area (Å²) in [4.78, 5) is 16.7. The van der Waals surface area contributed by atoms with E-state index in [2.05, 4.69) is 81.2 Å². The van der Waals surface area contributed by atoms with E-state index in [1.165, 1.54) is 35.2 Å². The first kappa shape index (κ1) is 19.3. The summed E-state index contributed by atoms with van der Waals surface area (Å²) in [5.74, 6) is 0.663. The Bertz CT molecular complexity index is 988. The molecule has 2 aliphatic rings. The second-order valence-corrected chi connectivity index (χ2v) is 8.64. The van der Waals surface area contributed by atoms with Crippen LogP contribution in [0.5, 0.6) is 0 Å². The molecule has 0 bridgehead atoms. The number of aromatic nitrogens is 1. The van der Waals surface area contributed by atoms with Crippen LogP contribution in [-0.4, -0.2) is 40.3 Å². The summed E-state index contributed by atoms with van der Waals surface area (Å²) in [5.41, 5.74) is 5.06. The molecule has 3 aromatic rings. The van der Waals surface area contributed by atoms with Crippen molar-refractivity contribution < 1.29 is 4.79 Å². The molecule has 4 nitrogen and oxygen atoms in total. The number of nitrogens with zero attached hydrogens (tertiary/aromatic N) is 3. The summed E-state index contributed by atoms with van der Waals surface area (Å²) in [5, 5.41) is 0.